The molecule has 2 rings (SSSR count). The van der Waals surface area contributed by atoms with E-state index in [1.54, 1.807) is 24.3 Å². The Labute approximate surface area is 182 Å². The Balaban J connectivity index is 2.04. The fourth-order valence-electron chi connectivity index (χ4n) is 2.72. The van der Waals surface area contributed by atoms with Crippen molar-refractivity contribution < 1.29 is 14.3 Å². The maximum absolute atomic E-state index is 12.7. The van der Waals surface area contributed by atoms with Crippen LogP contribution in [0.1, 0.15) is 49.5 Å². The first-order valence-corrected chi connectivity index (χ1v) is 10.4. The molecule has 7 heteroatoms. The Morgan fingerprint density at radius 2 is 1.83 bits per heavy atom. The molecule has 1 unspecified atom stereocenters. The van der Waals surface area contributed by atoms with Crippen molar-refractivity contribution in [3.8, 4) is 5.75 Å². The number of hydrazone groups is 1. The lowest BCUT2D eigenvalue weighted by Gasteiger charge is -2.19. The average molecular weight is 430 g/mol. The zero-order chi connectivity index (χ0) is 21.9. The van der Waals surface area contributed by atoms with Crippen LogP contribution in [0.3, 0.4) is 0 Å². The van der Waals surface area contributed by atoms with Gasteiger partial charge >= 0.3 is 0 Å². The number of ether oxygens (including phenoxy) is 1. The van der Waals surface area contributed by atoms with E-state index >= 15 is 0 Å². The van der Waals surface area contributed by atoms with Gasteiger partial charge in [0.25, 0.3) is 11.8 Å². The standard InChI is InChI=1S/C23H28ClN3O3/c1-4-13-30-21-8-6-5-7-18(21)15-25-27-23(29)20(14-16(2)3)26-22(28)17-9-11-19(24)12-10-17/h5-12,15-16,20H,4,13-14H2,1-3H3,(H,26,28)(H,27,29)/b25-15+. The molecule has 0 aromatic heterocycles. The Bertz CT molecular complexity index is 866. The number of hydrogen-bond acceptors (Lipinski definition) is 4. The molecule has 1 atom stereocenters. The topological polar surface area (TPSA) is 79.8 Å². The fourth-order valence-corrected chi connectivity index (χ4v) is 2.85. The van der Waals surface area contributed by atoms with Crippen LogP contribution in [0.4, 0.5) is 0 Å². The number of benzene rings is 2. The van der Waals surface area contributed by atoms with E-state index in [2.05, 4.69) is 15.8 Å². The zero-order valence-corrected chi connectivity index (χ0v) is 18.3. The molecule has 2 N–H and O–H groups in total. The van der Waals surface area contributed by atoms with Gasteiger partial charge in [0.15, 0.2) is 0 Å². The van der Waals surface area contributed by atoms with E-state index in [1.165, 1.54) is 6.21 Å². The number of carbonyl (C=O) groups is 2. The van der Waals surface area contributed by atoms with Gasteiger partial charge in [0.1, 0.15) is 11.8 Å². The van der Waals surface area contributed by atoms with Crippen LogP contribution in [0.25, 0.3) is 0 Å². The maximum atomic E-state index is 12.7. The van der Waals surface area contributed by atoms with E-state index < -0.39 is 6.04 Å². The summed E-state index contributed by atoms with van der Waals surface area (Å²) in [5.74, 6) is 0.189. The molecule has 2 amide bonds. The number of rotatable bonds is 10. The number of para-hydroxylation sites is 1. The number of halogens is 1. The van der Waals surface area contributed by atoms with Crippen LogP contribution in [0, 0.1) is 5.92 Å². The van der Waals surface area contributed by atoms with E-state index in [-0.39, 0.29) is 17.7 Å². The van der Waals surface area contributed by atoms with Crippen LogP contribution in [0.15, 0.2) is 53.6 Å². The van der Waals surface area contributed by atoms with Crippen LogP contribution in [-0.4, -0.2) is 30.7 Å². The van der Waals surface area contributed by atoms with Crippen molar-refractivity contribution in [2.24, 2.45) is 11.0 Å². The summed E-state index contributed by atoms with van der Waals surface area (Å²) in [6.45, 7) is 6.60. The molecule has 0 fully saturated rings. The van der Waals surface area contributed by atoms with Gasteiger partial charge in [-0.15, -0.1) is 0 Å². The van der Waals surface area contributed by atoms with Gasteiger partial charge in [0, 0.05) is 16.1 Å². The molecule has 0 aliphatic heterocycles. The van der Waals surface area contributed by atoms with Crippen molar-refractivity contribution >= 4 is 29.6 Å². The first-order chi connectivity index (χ1) is 14.4. The van der Waals surface area contributed by atoms with Gasteiger partial charge < -0.3 is 10.1 Å². The van der Waals surface area contributed by atoms with Crippen LogP contribution in [0.5, 0.6) is 5.75 Å². The normalized spacial score (nSPS) is 12.0. The molecule has 0 saturated heterocycles. The lowest BCUT2D eigenvalue weighted by atomic mass is 10.0. The van der Waals surface area contributed by atoms with Crippen molar-refractivity contribution in [1.29, 1.82) is 0 Å². The lowest BCUT2D eigenvalue weighted by molar-refractivity contribution is -0.123. The molecular formula is C23H28ClN3O3. The molecule has 0 radical (unpaired) electrons. The highest BCUT2D eigenvalue weighted by atomic mass is 35.5. The van der Waals surface area contributed by atoms with Gasteiger partial charge in [0.2, 0.25) is 0 Å². The van der Waals surface area contributed by atoms with E-state index in [9.17, 15) is 9.59 Å². The third kappa shape index (κ3) is 7.52. The summed E-state index contributed by atoms with van der Waals surface area (Å²) in [7, 11) is 0. The van der Waals surface area contributed by atoms with E-state index in [0.29, 0.717) is 29.4 Å². The molecule has 160 valence electrons. The summed E-state index contributed by atoms with van der Waals surface area (Å²) in [5.41, 5.74) is 3.72. The second-order valence-corrected chi connectivity index (χ2v) is 7.72. The molecule has 0 bridgehead atoms. The third-order valence-electron chi connectivity index (χ3n) is 4.19. The molecule has 0 saturated carbocycles. The quantitative estimate of drug-likeness (QED) is 0.433. The van der Waals surface area contributed by atoms with Crippen LogP contribution in [-0.2, 0) is 4.79 Å². The second kappa shape index (κ2) is 12.0. The van der Waals surface area contributed by atoms with Gasteiger partial charge in [-0.05, 0) is 55.2 Å². The molecule has 6 nitrogen and oxygen atoms in total. The van der Waals surface area contributed by atoms with Gasteiger partial charge in [-0.2, -0.15) is 5.10 Å². The SMILES string of the molecule is CCCOc1ccccc1/C=N/NC(=O)C(CC(C)C)NC(=O)c1ccc(Cl)cc1. The summed E-state index contributed by atoms with van der Waals surface area (Å²) in [6.07, 6.45) is 2.92. The minimum absolute atomic E-state index is 0.207. The molecule has 2 aromatic rings. The minimum Gasteiger partial charge on any atom is -0.493 e. The summed E-state index contributed by atoms with van der Waals surface area (Å²) in [6, 6.07) is 13.3. The monoisotopic (exact) mass is 429 g/mol. The van der Waals surface area contributed by atoms with Crippen molar-refractivity contribution in [2.45, 2.75) is 39.7 Å². The number of carbonyl (C=O) groups excluding carboxylic acids is 2. The number of hydrogen-bond donors (Lipinski definition) is 2. The van der Waals surface area contributed by atoms with Crippen molar-refractivity contribution in [3.05, 3.63) is 64.7 Å². The highest BCUT2D eigenvalue weighted by Gasteiger charge is 2.22. The largest absolute Gasteiger partial charge is 0.493 e. The van der Waals surface area contributed by atoms with Crippen molar-refractivity contribution in [3.63, 3.8) is 0 Å². The smallest absolute Gasteiger partial charge is 0.262 e. The molecule has 30 heavy (non-hydrogen) atoms. The number of nitrogens with zero attached hydrogens (tertiary/aromatic N) is 1. The highest BCUT2D eigenvalue weighted by Crippen LogP contribution is 2.16. The van der Waals surface area contributed by atoms with Crippen LogP contribution >= 0.6 is 11.6 Å². The summed E-state index contributed by atoms with van der Waals surface area (Å²) in [4.78, 5) is 25.2. The maximum Gasteiger partial charge on any atom is 0.262 e. The van der Waals surface area contributed by atoms with Crippen molar-refractivity contribution in [1.82, 2.24) is 10.7 Å². The lowest BCUT2D eigenvalue weighted by Crippen LogP contribution is -2.46. The minimum atomic E-state index is -0.711. The Kier molecular flexibility index (Phi) is 9.35. The molecule has 2 aromatic carbocycles. The van der Waals surface area contributed by atoms with Gasteiger partial charge in [-0.3, -0.25) is 9.59 Å². The summed E-state index contributed by atoms with van der Waals surface area (Å²) < 4.78 is 5.68. The fraction of sp³-hybridized carbons (Fsp3) is 0.348. The van der Waals surface area contributed by atoms with E-state index in [1.807, 2.05) is 45.0 Å². The molecule has 0 aliphatic carbocycles. The highest BCUT2D eigenvalue weighted by molar-refractivity contribution is 6.30. The van der Waals surface area contributed by atoms with Gasteiger partial charge in [-0.25, -0.2) is 5.43 Å². The predicted molar refractivity (Wildman–Crippen MR) is 120 cm³/mol. The Morgan fingerprint density at radius 3 is 2.50 bits per heavy atom. The Morgan fingerprint density at radius 1 is 1.13 bits per heavy atom. The average Bonchev–Trinajstić information content (AvgIpc) is 2.72. The van der Waals surface area contributed by atoms with E-state index in [4.69, 9.17) is 16.3 Å². The van der Waals surface area contributed by atoms with Gasteiger partial charge in [-0.1, -0.05) is 44.5 Å². The first-order valence-electron chi connectivity index (χ1n) is 10.0. The third-order valence-corrected chi connectivity index (χ3v) is 4.45. The molecule has 0 aliphatic rings. The predicted octanol–water partition coefficient (Wildman–Crippen LogP) is 4.42. The second-order valence-electron chi connectivity index (χ2n) is 7.28. The van der Waals surface area contributed by atoms with Gasteiger partial charge in [0.05, 0.1) is 12.8 Å². The Hall–Kier alpha value is -2.86. The van der Waals surface area contributed by atoms with Crippen molar-refractivity contribution in [2.75, 3.05) is 6.61 Å². The molecule has 0 heterocycles. The first kappa shape index (κ1) is 23.4. The molecular weight excluding hydrogens is 402 g/mol. The number of amides is 2. The van der Waals surface area contributed by atoms with E-state index in [0.717, 1.165) is 12.0 Å². The molecule has 0 spiro atoms. The number of nitrogens with one attached hydrogen (secondary N) is 2. The van der Waals surface area contributed by atoms with Crippen LogP contribution in [0.2, 0.25) is 5.02 Å². The summed E-state index contributed by atoms with van der Waals surface area (Å²) >= 11 is 5.87. The van der Waals surface area contributed by atoms with Crippen LogP contribution < -0.4 is 15.5 Å². The zero-order valence-electron chi connectivity index (χ0n) is 17.5. The summed E-state index contributed by atoms with van der Waals surface area (Å²) in [5, 5.41) is 7.38.